The third kappa shape index (κ3) is 4.48. The Bertz CT molecular complexity index is 976. The predicted molar refractivity (Wildman–Crippen MR) is 107 cm³/mol. The Kier molecular flexibility index (Phi) is 5.62. The molecule has 0 spiro atoms. The van der Waals surface area contributed by atoms with E-state index in [1.54, 1.807) is 22.4 Å². The van der Waals surface area contributed by atoms with Gasteiger partial charge in [0.1, 0.15) is 11.9 Å². The van der Waals surface area contributed by atoms with Crippen molar-refractivity contribution in [3.8, 4) is 0 Å². The minimum absolute atomic E-state index is 0.0540. The van der Waals surface area contributed by atoms with E-state index in [1.807, 2.05) is 30.3 Å². The average Bonchev–Trinajstić information content (AvgIpc) is 3.43. The van der Waals surface area contributed by atoms with Crippen LogP contribution < -0.4 is 5.32 Å². The summed E-state index contributed by atoms with van der Waals surface area (Å²) in [6, 6.07) is 14.3. The Hall–Kier alpha value is -3.13. The fourth-order valence-electron chi connectivity index (χ4n) is 3.20. The normalized spacial score (nSPS) is 14.2. The van der Waals surface area contributed by atoms with Gasteiger partial charge in [0.15, 0.2) is 5.69 Å². The quantitative estimate of drug-likeness (QED) is 0.648. The van der Waals surface area contributed by atoms with E-state index >= 15 is 0 Å². The molecular formula is C21H19FN4O2S. The summed E-state index contributed by atoms with van der Waals surface area (Å²) in [6.45, 7) is 0.336. The molecule has 0 aliphatic heterocycles. The lowest BCUT2D eigenvalue weighted by atomic mass is 10.0. The van der Waals surface area contributed by atoms with E-state index in [-0.39, 0.29) is 23.6 Å². The number of carbonyl (C=O) groups excluding carboxylic acids is 2. The lowest BCUT2D eigenvalue weighted by Crippen LogP contribution is -2.45. The first-order chi connectivity index (χ1) is 14.1. The number of nitrogens with zero attached hydrogens (tertiary/aromatic N) is 3. The van der Waals surface area contributed by atoms with Gasteiger partial charge in [-0.05, 0) is 47.6 Å². The van der Waals surface area contributed by atoms with E-state index < -0.39 is 11.9 Å². The van der Waals surface area contributed by atoms with Crippen LogP contribution in [0.3, 0.4) is 0 Å². The van der Waals surface area contributed by atoms with Crippen LogP contribution >= 0.6 is 11.5 Å². The minimum Gasteiger partial charge on any atom is -0.350 e. The lowest BCUT2D eigenvalue weighted by Gasteiger charge is -2.31. The van der Waals surface area contributed by atoms with Gasteiger partial charge in [0, 0.05) is 18.0 Å². The molecule has 0 saturated heterocycles. The van der Waals surface area contributed by atoms with E-state index in [0.29, 0.717) is 12.1 Å². The first kappa shape index (κ1) is 19.2. The van der Waals surface area contributed by atoms with Crippen molar-refractivity contribution in [1.82, 2.24) is 19.8 Å². The molecule has 148 valence electrons. The molecule has 1 aromatic heterocycles. The van der Waals surface area contributed by atoms with Gasteiger partial charge in [-0.2, -0.15) is 0 Å². The molecule has 0 radical (unpaired) electrons. The largest absolute Gasteiger partial charge is 0.350 e. The van der Waals surface area contributed by atoms with Crippen LogP contribution in [-0.2, 0) is 11.3 Å². The smallest absolute Gasteiger partial charge is 0.276 e. The van der Waals surface area contributed by atoms with Gasteiger partial charge in [0.05, 0.1) is 0 Å². The van der Waals surface area contributed by atoms with Gasteiger partial charge >= 0.3 is 0 Å². The zero-order valence-electron chi connectivity index (χ0n) is 15.5. The Morgan fingerprint density at radius 2 is 1.86 bits per heavy atom. The Morgan fingerprint density at radius 1 is 1.14 bits per heavy atom. The van der Waals surface area contributed by atoms with Crippen LogP contribution in [0.25, 0.3) is 0 Å². The van der Waals surface area contributed by atoms with E-state index in [2.05, 4.69) is 14.9 Å². The van der Waals surface area contributed by atoms with Crippen LogP contribution in [0.15, 0.2) is 60.0 Å². The van der Waals surface area contributed by atoms with Crippen molar-refractivity contribution in [3.63, 3.8) is 0 Å². The first-order valence-electron chi connectivity index (χ1n) is 9.30. The van der Waals surface area contributed by atoms with Crippen molar-refractivity contribution in [2.75, 3.05) is 0 Å². The third-order valence-electron chi connectivity index (χ3n) is 4.78. The number of nitrogens with one attached hydrogen (secondary N) is 1. The Balaban J connectivity index is 1.64. The number of rotatable bonds is 7. The van der Waals surface area contributed by atoms with Crippen LogP contribution in [0.5, 0.6) is 0 Å². The van der Waals surface area contributed by atoms with Crippen molar-refractivity contribution < 1.29 is 14.0 Å². The van der Waals surface area contributed by atoms with Crippen LogP contribution in [0, 0.1) is 5.82 Å². The van der Waals surface area contributed by atoms with Crippen molar-refractivity contribution in [1.29, 1.82) is 0 Å². The average molecular weight is 410 g/mol. The summed E-state index contributed by atoms with van der Waals surface area (Å²) in [6.07, 6.45) is 1.62. The minimum atomic E-state index is -0.874. The molecule has 29 heavy (non-hydrogen) atoms. The summed E-state index contributed by atoms with van der Waals surface area (Å²) in [7, 11) is 0. The van der Waals surface area contributed by atoms with Gasteiger partial charge < -0.3 is 10.2 Å². The highest BCUT2D eigenvalue weighted by atomic mass is 32.1. The Morgan fingerprint density at radius 3 is 2.48 bits per heavy atom. The number of halogens is 1. The van der Waals surface area contributed by atoms with E-state index in [9.17, 15) is 14.0 Å². The van der Waals surface area contributed by atoms with Gasteiger partial charge in [0.2, 0.25) is 5.91 Å². The maximum Gasteiger partial charge on any atom is 0.276 e. The van der Waals surface area contributed by atoms with E-state index in [0.717, 1.165) is 29.9 Å². The fourth-order valence-corrected chi connectivity index (χ4v) is 3.63. The van der Waals surface area contributed by atoms with E-state index in [4.69, 9.17) is 0 Å². The number of hydrogen-bond acceptors (Lipinski definition) is 5. The molecule has 2 aromatic carbocycles. The molecule has 8 heteroatoms. The van der Waals surface area contributed by atoms with Crippen molar-refractivity contribution in [2.24, 2.45) is 0 Å². The van der Waals surface area contributed by atoms with Crippen LogP contribution in [0.2, 0.25) is 0 Å². The van der Waals surface area contributed by atoms with Crippen molar-refractivity contribution >= 4 is 23.3 Å². The van der Waals surface area contributed by atoms with Gasteiger partial charge in [-0.15, -0.1) is 5.10 Å². The molecule has 0 bridgehead atoms. The molecule has 4 rings (SSSR count). The van der Waals surface area contributed by atoms with Gasteiger partial charge in [0.25, 0.3) is 5.91 Å². The molecule has 1 saturated carbocycles. The molecule has 1 atom stereocenters. The summed E-state index contributed by atoms with van der Waals surface area (Å²) in [5, 5.41) is 8.36. The van der Waals surface area contributed by atoms with Crippen LogP contribution in [0.1, 0.15) is 40.5 Å². The number of carbonyl (C=O) groups is 2. The van der Waals surface area contributed by atoms with E-state index in [1.165, 1.54) is 12.1 Å². The second-order valence-electron chi connectivity index (χ2n) is 6.89. The fraction of sp³-hybridized carbons (Fsp3) is 0.238. The van der Waals surface area contributed by atoms with Gasteiger partial charge in [-0.3, -0.25) is 9.59 Å². The second-order valence-corrected chi connectivity index (χ2v) is 7.50. The summed E-state index contributed by atoms with van der Waals surface area (Å²) in [5.41, 5.74) is 1.72. The summed E-state index contributed by atoms with van der Waals surface area (Å²) >= 11 is 1.08. The third-order valence-corrected chi connectivity index (χ3v) is 5.28. The molecular weight excluding hydrogens is 391 g/mol. The monoisotopic (exact) mass is 410 g/mol. The lowest BCUT2D eigenvalue weighted by molar-refractivity contribution is -0.126. The second kappa shape index (κ2) is 8.48. The predicted octanol–water partition coefficient (Wildman–Crippen LogP) is 3.34. The number of aromatic nitrogens is 2. The van der Waals surface area contributed by atoms with Crippen LogP contribution in [0.4, 0.5) is 4.39 Å². The van der Waals surface area contributed by atoms with Crippen molar-refractivity contribution in [2.45, 2.75) is 31.5 Å². The van der Waals surface area contributed by atoms with Crippen LogP contribution in [-0.4, -0.2) is 32.3 Å². The summed E-state index contributed by atoms with van der Waals surface area (Å²) in [5.74, 6) is -1.06. The highest BCUT2D eigenvalue weighted by Crippen LogP contribution is 2.36. The van der Waals surface area contributed by atoms with Crippen molar-refractivity contribution in [3.05, 3.63) is 82.6 Å². The Labute approximate surface area is 171 Å². The standard InChI is InChI=1S/C21H19FN4O2S/c22-16-8-6-15(7-9-16)19(20(27)23-12-14-4-2-1-3-5-14)26(17-10-11-17)21(28)18-13-29-25-24-18/h1-9,13,17,19H,10-12H2,(H,23,27). The first-order valence-corrected chi connectivity index (χ1v) is 10.1. The molecule has 3 aromatic rings. The molecule has 2 amide bonds. The molecule has 1 N–H and O–H groups in total. The number of hydrogen-bond donors (Lipinski definition) is 1. The molecule has 1 unspecified atom stereocenters. The molecule has 1 aliphatic carbocycles. The maximum absolute atomic E-state index is 13.5. The molecule has 1 aliphatic rings. The summed E-state index contributed by atoms with van der Waals surface area (Å²) < 4.78 is 17.2. The zero-order chi connectivity index (χ0) is 20.2. The van der Waals surface area contributed by atoms with Gasteiger partial charge in [-0.1, -0.05) is 47.0 Å². The zero-order valence-corrected chi connectivity index (χ0v) is 16.3. The molecule has 1 fully saturated rings. The SMILES string of the molecule is O=C(NCc1ccccc1)C(c1ccc(F)cc1)N(C(=O)c1csnn1)C1CC1. The maximum atomic E-state index is 13.5. The van der Waals surface area contributed by atoms with Gasteiger partial charge in [-0.25, -0.2) is 4.39 Å². The topological polar surface area (TPSA) is 75.2 Å². The molecule has 1 heterocycles. The summed E-state index contributed by atoms with van der Waals surface area (Å²) in [4.78, 5) is 27.9. The molecule has 6 nitrogen and oxygen atoms in total. The highest BCUT2D eigenvalue weighted by molar-refractivity contribution is 7.03. The highest BCUT2D eigenvalue weighted by Gasteiger charge is 2.42. The number of amides is 2. The number of benzene rings is 2.